The monoisotopic (exact) mass is 422 g/mol. The van der Waals surface area contributed by atoms with E-state index in [1.165, 1.54) is 19.3 Å². The molecule has 0 atom stereocenters. The van der Waals surface area contributed by atoms with Gasteiger partial charge in [0.05, 0.1) is 0 Å². The molecule has 29 heavy (non-hydrogen) atoms. The van der Waals surface area contributed by atoms with Gasteiger partial charge >= 0.3 is 0 Å². The van der Waals surface area contributed by atoms with E-state index in [0.29, 0.717) is 24.7 Å². The third kappa shape index (κ3) is 6.60. The molecule has 1 N–H and O–H groups in total. The predicted octanol–water partition coefficient (Wildman–Crippen LogP) is 2.22. The summed E-state index contributed by atoms with van der Waals surface area (Å²) < 4.78 is 27.5. The van der Waals surface area contributed by atoms with Gasteiger partial charge in [-0.1, -0.05) is 13.8 Å². The molecule has 8 heteroatoms. The van der Waals surface area contributed by atoms with E-state index < -0.39 is 15.8 Å². The van der Waals surface area contributed by atoms with Crippen molar-refractivity contribution in [1.82, 2.24) is 9.80 Å². The molecule has 2 fully saturated rings. The number of hydrogen-bond donors (Lipinski definition) is 1. The van der Waals surface area contributed by atoms with Crippen LogP contribution < -0.4 is 9.62 Å². The van der Waals surface area contributed by atoms with Crippen LogP contribution in [-0.2, 0) is 14.8 Å². The molecule has 162 valence electrons. The highest BCUT2D eigenvalue weighted by Gasteiger charge is 2.25. The fraction of sp³-hybridized carbons (Fsp3) is 0.667. The van der Waals surface area contributed by atoms with E-state index in [4.69, 9.17) is 0 Å². The summed E-state index contributed by atoms with van der Waals surface area (Å²) in [6.45, 7) is 10.2. The quantitative estimate of drug-likeness (QED) is 0.729. The van der Waals surface area contributed by atoms with Crippen molar-refractivity contribution in [2.45, 2.75) is 33.1 Å². The van der Waals surface area contributed by atoms with Crippen molar-refractivity contribution < 1.29 is 13.2 Å². The number of carbonyl (C=O) groups is 1. The highest BCUT2D eigenvalue weighted by Crippen LogP contribution is 2.22. The smallest absolute Gasteiger partial charge is 0.241 e. The number of hydrogen-bond acceptors (Lipinski definition) is 5. The average molecular weight is 423 g/mol. The molecule has 1 aromatic rings. The van der Waals surface area contributed by atoms with E-state index in [2.05, 4.69) is 28.4 Å². The van der Waals surface area contributed by atoms with Crippen molar-refractivity contribution in [2.75, 3.05) is 61.2 Å². The van der Waals surface area contributed by atoms with Crippen LogP contribution in [0.1, 0.15) is 33.1 Å². The van der Waals surface area contributed by atoms with Gasteiger partial charge in [-0.15, -0.1) is 0 Å². The normalized spacial score (nSPS) is 18.9. The Morgan fingerprint density at radius 1 is 0.966 bits per heavy atom. The SMILES string of the molecule is CC(C)CN1CCN(C(=O)CS(=O)(=O)Nc2ccc(N3CCCCC3)cc2)CC1. The van der Waals surface area contributed by atoms with Gasteiger partial charge in [0.15, 0.2) is 0 Å². The predicted molar refractivity (Wildman–Crippen MR) is 118 cm³/mol. The van der Waals surface area contributed by atoms with Crippen LogP contribution in [0.4, 0.5) is 11.4 Å². The summed E-state index contributed by atoms with van der Waals surface area (Å²) in [5, 5.41) is 0. The summed E-state index contributed by atoms with van der Waals surface area (Å²) in [6.07, 6.45) is 3.67. The molecule has 0 unspecified atom stereocenters. The zero-order valence-electron chi connectivity index (χ0n) is 17.6. The number of piperazine rings is 1. The molecular formula is C21H34N4O3S. The third-order valence-corrected chi connectivity index (χ3v) is 6.70. The molecule has 2 aliphatic rings. The molecule has 1 amide bonds. The van der Waals surface area contributed by atoms with Gasteiger partial charge in [-0.25, -0.2) is 8.42 Å². The van der Waals surface area contributed by atoms with Crippen LogP contribution in [-0.4, -0.2) is 75.7 Å². The van der Waals surface area contributed by atoms with Gasteiger partial charge in [0.1, 0.15) is 5.75 Å². The highest BCUT2D eigenvalue weighted by molar-refractivity contribution is 7.93. The number of piperidine rings is 1. The van der Waals surface area contributed by atoms with Gasteiger partial charge in [-0.2, -0.15) is 0 Å². The number of rotatable bonds is 7. The van der Waals surface area contributed by atoms with E-state index in [-0.39, 0.29) is 5.91 Å². The van der Waals surface area contributed by atoms with Crippen molar-refractivity contribution in [3.05, 3.63) is 24.3 Å². The van der Waals surface area contributed by atoms with E-state index in [9.17, 15) is 13.2 Å². The second kappa shape index (κ2) is 9.80. The lowest BCUT2D eigenvalue weighted by molar-refractivity contribution is -0.130. The minimum absolute atomic E-state index is 0.327. The largest absolute Gasteiger partial charge is 0.372 e. The van der Waals surface area contributed by atoms with E-state index >= 15 is 0 Å². The molecule has 1 aromatic carbocycles. The lowest BCUT2D eigenvalue weighted by Crippen LogP contribution is -2.51. The zero-order chi connectivity index (χ0) is 20.9. The second-order valence-electron chi connectivity index (χ2n) is 8.53. The summed E-state index contributed by atoms with van der Waals surface area (Å²) in [5.41, 5.74) is 1.61. The minimum Gasteiger partial charge on any atom is -0.372 e. The summed E-state index contributed by atoms with van der Waals surface area (Å²) in [6, 6.07) is 7.44. The molecule has 0 aromatic heterocycles. The van der Waals surface area contributed by atoms with Gasteiger partial charge in [0, 0.05) is 57.2 Å². The van der Waals surface area contributed by atoms with Gasteiger partial charge in [0.25, 0.3) is 0 Å². The number of benzene rings is 1. The molecule has 0 saturated carbocycles. The molecule has 3 rings (SSSR count). The fourth-order valence-electron chi connectivity index (χ4n) is 4.06. The van der Waals surface area contributed by atoms with Gasteiger partial charge in [-0.05, 0) is 49.4 Å². The van der Waals surface area contributed by atoms with Crippen molar-refractivity contribution >= 4 is 27.3 Å². The Hall–Kier alpha value is -1.80. The maximum absolute atomic E-state index is 12.5. The van der Waals surface area contributed by atoms with Gasteiger partial charge in [0.2, 0.25) is 15.9 Å². The lowest BCUT2D eigenvalue weighted by Gasteiger charge is -2.35. The van der Waals surface area contributed by atoms with E-state index in [1.54, 1.807) is 17.0 Å². The van der Waals surface area contributed by atoms with Gasteiger partial charge < -0.3 is 9.80 Å². The number of anilines is 2. The summed E-state index contributed by atoms with van der Waals surface area (Å²) in [4.78, 5) is 18.8. The third-order valence-electron chi connectivity index (χ3n) is 5.52. The molecule has 0 radical (unpaired) electrons. The van der Waals surface area contributed by atoms with Crippen molar-refractivity contribution in [2.24, 2.45) is 5.92 Å². The maximum Gasteiger partial charge on any atom is 0.241 e. The first-order valence-electron chi connectivity index (χ1n) is 10.7. The fourth-order valence-corrected chi connectivity index (χ4v) is 5.13. The van der Waals surface area contributed by atoms with Crippen molar-refractivity contribution in [3.8, 4) is 0 Å². The number of nitrogens with one attached hydrogen (secondary N) is 1. The minimum atomic E-state index is -3.72. The van der Waals surface area contributed by atoms with Crippen molar-refractivity contribution in [1.29, 1.82) is 0 Å². The number of nitrogens with zero attached hydrogens (tertiary/aromatic N) is 3. The molecule has 7 nitrogen and oxygen atoms in total. The van der Waals surface area contributed by atoms with Crippen LogP contribution in [0.15, 0.2) is 24.3 Å². The molecule has 2 saturated heterocycles. The first kappa shape index (κ1) is 21.9. The summed E-state index contributed by atoms with van der Waals surface area (Å²) in [7, 11) is -3.72. The Morgan fingerprint density at radius 2 is 1.59 bits per heavy atom. The van der Waals surface area contributed by atoms with Crippen LogP contribution >= 0.6 is 0 Å². The van der Waals surface area contributed by atoms with Crippen LogP contribution in [0, 0.1) is 5.92 Å². The number of amides is 1. The second-order valence-corrected chi connectivity index (χ2v) is 10.3. The molecule has 2 heterocycles. The number of carbonyl (C=O) groups excluding carboxylic acids is 1. The van der Waals surface area contributed by atoms with Gasteiger partial charge in [-0.3, -0.25) is 14.4 Å². The Morgan fingerprint density at radius 3 is 2.17 bits per heavy atom. The lowest BCUT2D eigenvalue weighted by atomic mass is 10.1. The Bertz CT molecular complexity index is 766. The van der Waals surface area contributed by atoms with Crippen molar-refractivity contribution in [3.63, 3.8) is 0 Å². The maximum atomic E-state index is 12.5. The topological polar surface area (TPSA) is 73.0 Å². The Labute approximate surface area is 175 Å². The first-order chi connectivity index (χ1) is 13.8. The highest BCUT2D eigenvalue weighted by atomic mass is 32.2. The number of sulfonamides is 1. The van der Waals surface area contributed by atoms with Crippen LogP contribution in [0.5, 0.6) is 0 Å². The molecular weight excluding hydrogens is 388 g/mol. The van der Waals surface area contributed by atoms with Crippen LogP contribution in [0.2, 0.25) is 0 Å². The summed E-state index contributed by atoms with van der Waals surface area (Å²) >= 11 is 0. The standard InChI is InChI=1S/C21H34N4O3S/c1-18(2)16-23-12-14-25(15-13-23)21(26)17-29(27,28)22-19-6-8-20(9-7-19)24-10-4-3-5-11-24/h6-9,18,22H,3-5,10-17H2,1-2H3. The zero-order valence-corrected chi connectivity index (χ0v) is 18.5. The first-order valence-corrected chi connectivity index (χ1v) is 12.3. The molecule has 0 spiro atoms. The van der Waals surface area contributed by atoms with E-state index in [1.807, 2.05) is 12.1 Å². The Kier molecular flexibility index (Phi) is 7.40. The van der Waals surface area contributed by atoms with Crippen LogP contribution in [0.25, 0.3) is 0 Å². The average Bonchev–Trinajstić information content (AvgIpc) is 2.68. The Balaban J connectivity index is 1.50. The van der Waals surface area contributed by atoms with Crippen LogP contribution in [0.3, 0.4) is 0 Å². The van der Waals surface area contributed by atoms with E-state index in [0.717, 1.165) is 38.4 Å². The molecule has 0 aliphatic carbocycles. The molecule has 0 bridgehead atoms. The summed E-state index contributed by atoms with van der Waals surface area (Å²) in [5.74, 6) is -0.250. The molecule has 2 aliphatic heterocycles.